The standard InChI is InChI=1S/C11H20O2/c1-2-3-4-10-6-5-9(8-12)7-11(10)13/h5-6,9-13H,2-4,7-8H2,1H3/t9-,10-,11+/m0/s1. The monoisotopic (exact) mass is 184 g/mol. The lowest BCUT2D eigenvalue weighted by Crippen LogP contribution is -2.26. The SMILES string of the molecule is CCCC[C@H]1C=C[C@H](CO)C[C@H]1O. The quantitative estimate of drug-likeness (QED) is 0.653. The van der Waals surface area contributed by atoms with Crippen LogP contribution in [0.3, 0.4) is 0 Å². The molecular weight excluding hydrogens is 164 g/mol. The Labute approximate surface area is 80.3 Å². The van der Waals surface area contributed by atoms with Crippen LogP contribution in [0.25, 0.3) is 0 Å². The van der Waals surface area contributed by atoms with Crippen LogP contribution in [0.5, 0.6) is 0 Å². The summed E-state index contributed by atoms with van der Waals surface area (Å²) in [5.74, 6) is 0.496. The van der Waals surface area contributed by atoms with E-state index in [1.54, 1.807) is 0 Å². The van der Waals surface area contributed by atoms with Crippen molar-refractivity contribution in [2.45, 2.75) is 38.7 Å². The van der Waals surface area contributed by atoms with Crippen LogP contribution in [-0.2, 0) is 0 Å². The van der Waals surface area contributed by atoms with Crippen LogP contribution < -0.4 is 0 Å². The average Bonchev–Trinajstić information content (AvgIpc) is 2.16. The predicted molar refractivity (Wildman–Crippen MR) is 53.4 cm³/mol. The van der Waals surface area contributed by atoms with E-state index in [-0.39, 0.29) is 18.6 Å². The molecule has 1 rings (SSSR count). The highest BCUT2D eigenvalue weighted by atomic mass is 16.3. The Balaban J connectivity index is 2.39. The zero-order chi connectivity index (χ0) is 9.68. The van der Waals surface area contributed by atoms with Gasteiger partial charge in [-0.05, 0) is 12.8 Å². The fourth-order valence-electron chi connectivity index (χ4n) is 1.86. The van der Waals surface area contributed by atoms with Gasteiger partial charge in [0.1, 0.15) is 0 Å². The molecule has 1 aliphatic rings. The number of hydrogen-bond donors (Lipinski definition) is 2. The van der Waals surface area contributed by atoms with E-state index in [1.807, 2.05) is 6.08 Å². The summed E-state index contributed by atoms with van der Waals surface area (Å²) in [7, 11) is 0. The molecule has 0 radical (unpaired) electrons. The molecule has 0 aliphatic heterocycles. The van der Waals surface area contributed by atoms with E-state index in [0.717, 1.165) is 12.8 Å². The topological polar surface area (TPSA) is 40.5 Å². The summed E-state index contributed by atoms with van der Waals surface area (Å²) >= 11 is 0. The van der Waals surface area contributed by atoms with E-state index >= 15 is 0 Å². The first-order valence-electron chi connectivity index (χ1n) is 5.25. The first kappa shape index (κ1) is 10.7. The lowest BCUT2D eigenvalue weighted by molar-refractivity contribution is 0.0816. The predicted octanol–water partition coefficient (Wildman–Crippen LogP) is 1.72. The van der Waals surface area contributed by atoms with Crippen LogP contribution in [0.2, 0.25) is 0 Å². The summed E-state index contributed by atoms with van der Waals surface area (Å²) in [4.78, 5) is 0. The van der Waals surface area contributed by atoms with E-state index in [0.29, 0.717) is 5.92 Å². The summed E-state index contributed by atoms with van der Waals surface area (Å²) in [5, 5.41) is 18.6. The van der Waals surface area contributed by atoms with Crippen molar-refractivity contribution in [3.63, 3.8) is 0 Å². The molecule has 2 heteroatoms. The fourth-order valence-corrected chi connectivity index (χ4v) is 1.86. The number of aliphatic hydroxyl groups excluding tert-OH is 2. The molecule has 0 aromatic carbocycles. The van der Waals surface area contributed by atoms with Gasteiger partial charge in [0.05, 0.1) is 6.10 Å². The van der Waals surface area contributed by atoms with Gasteiger partial charge in [-0.15, -0.1) is 0 Å². The molecule has 0 spiro atoms. The Morgan fingerprint density at radius 2 is 2.15 bits per heavy atom. The van der Waals surface area contributed by atoms with Crippen LogP contribution in [0, 0.1) is 11.8 Å². The highest BCUT2D eigenvalue weighted by molar-refractivity contribution is 5.01. The Hall–Kier alpha value is -0.340. The van der Waals surface area contributed by atoms with Gasteiger partial charge in [-0.1, -0.05) is 31.9 Å². The molecule has 0 heterocycles. The lowest BCUT2D eigenvalue weighted by Gasteiger charge is -2.27. The first-order valence-corrected chi connectivity index (χ1v) is 5.25. The molecule has 0 aromatic heterocycles. The molecule has 0 aromatic rings. The third-order valence-corrected chi connectivity index (χ3v) is 2.79. The van der Waals surface area contributed by atoms with Gasteiger partial charge in [-0.2, -0.15) is 0 Å². The molecule has 3 atom stereocenters. The zero-order valence-electron chi connectivity index (χ0n) is 8.32. The molecule has 76 valence electrons. The van der Waals surface area contributed by atoms with Crippen molar-refractivity contribution >= 4 is 0 Å². The van der Waals surface area contributed by atoms with E-state index < -0.39 is 0 Å². The second-order valence-corrected chi connectivity index (χ2v) is 3.94. The van der Waals surface area contributed by atoms with Crippen LogP contribution in [0.1, 0.15) is 32.6 Å². The largest absolute Gasteiger partial charge is 0.396 e. The average molecular weight is 184 g/mol. The highest BCUT2D eigenvalue weighted by Crippen LogP contribution is 2.26. The maximum absolute atomic E-state index is 9.73. The van der Waals surface area contributed by atoms with Gasteiger partial charge in [0.2, 0.25) is 0 Å². The fraction of sp³-hybridized carbons (Fsp3) is 0.818. The van der Waals surface area contributed by atoms with Crippen molar-refractivity contribution in [3.05, 3.63) is 12.2 Å². The number of unbranched alkanes of at least 4 members (excludes halogenated alkanes) is 1. The third kappa shape index (κ3) is 3.12. The molecule has 2 N–H and O–H groups in total. The molecule has 0 saturated heterocycles. The Morgan fingerprint density at radius 1 is 1.38 bits per heavy atom. The van der Waals surface area contributed by atoms with Gasteiger partial charge in [0.25, 0.3) is 0 Å². The molecule has 13 heavy (non-hydrogen) atoms. The van der Waals surface area contributed by atoms with Gasteiger partial charge < -0.3 is 10.2 Å². The maximum atomic E-state index is 9.73. The Morgan fingerprint density at radius 3 is 2.69 bits per heavy atom. The normalized spacial score (nSPS) is 33.6. The summed E-state index contributed by atoms with van der Waals surface area (Å²) in [6, 6.07) is 0. The number of rotatable bonds is 4. The second kappa shape index (κ2) is 5.40. The molecule has 0 bridgehead atoms. The van der Waals surface area contributed by atoms with Crippen molar-refractivity contribution in [2.75, 3.05) is 6.61 Å². The van der Waals surface area contributed by atoms with Crippen LogP contribution in [0.15, 0.2) is 12.2 Å². The van der Waals surface area contributed by atoms with E-state index in [4.69, 9.17) is 5.11 Å². The number of aliphatic hydroxyl groups is 2. The van der Waals surface area contributed by atoms with Crippen LogP contribution >= 0.6 is 0 Å². The van der Waals surface area contributed by atoms with Gasteiger partial charge in [0, 0.05) is 18.4 Å². The molecule has 0 amide bonds. The molecule has 2 nitrogen and oxygen atoms in total. The first-order chi connectivity index (χ1) is 6.27. The zero-order valence-corrected chi connectivity index (χ0v) is 8.32. The van der Waals surface area contributed by atoms with Crippen LogP contribution in [0.4, 0.5) is 0 Å². The summed E-state index contributed by atoms with van der Waals surface area (Å²) in [6.07, 6.45) is 8.04. The van der Waals surface area contributed by atoms with Crippen molar-refractivity contribution < 1.29 is 10.2 Å². The molecule has 0 fully saturated rings. The van der Waals surface area contributed by atoms with Crippen LogP contribution in [-0.4, -0.2) is 22.9 Å². The second-order valence-electron chi connectivity index (χ2n) is 3.94. The van der Waals surface area contributed by atoms with E-state index in [2.05, 4.69) is 13.0 Å². The Bertz CT molecular complexity index is 165. The van der Waals surface area contributed by atoms with E-state index in [9.17, 15) is 5.11 Å². The highest BCUT2D eigenvalue weighted by Gasteiger charge is 2.23. The molecular formula is C11H20O2. The molecule has 0 unspecified atom stereocenters. The minimum Gasteiger partial charge on any atom is -0.396 e. The van der Waals surface area contributed by atoms with E-state index in [1.165, 1.54) is 12.8 Å². The maximum Gasteiger partial charge on any atom is 0.0609 e. The third-order valence-electron chi connectivity index (χ3n) is 2.79. The minimum absolute atomic E-state index is 0.161. The van der Waals surface area contributed by atoms with Gasteiger partial charge in [-0.3, -0.25) is 0 Å². The van der Waals surface area contributed by atoms with Gasteiger partial charge >= 0.3 is 0 Å². The summed E-state index contributed by atoms with van der Waals surface area (Å²) in [6.45, 7) is 2.32. The van der Waals surface area contributed by atoms with Gasteiger partial charge in [0.15, 0.2) is 0 Å². The lowest BCUT2D eigenvalue weighted by atomic mass is 9.84. The number of hydrogen-bond acceptors (Lipinski definition) is 2. The van der Waals surface area contributed by atoms with Gasteiger partial charge in [-0.25, -0.2) is 0 Å². The smallest absolute Gasteiger partial charge is 0.0609 e. The molecule has 1 aliphatic carbocycles. The van der Waals surface area contributed by atoms with Crippen molar-refractivity contribution in [2.24, 2.45) is 11.8 Å². The Kier molecular flexibility index (Phi) is 4.46. The van der Waals surface area contributed by atoms with Crippen molar-refractivity contribution in [1.29, 1.82) is 0 Å². The minimum atomic E-state index is -0.242. The van der Waals surface area contributed by atoms with Crippen molar-refractivity contribution in [1.82, 2.24) is 0 Å². The van der Waals surface area contributed by atoms with Crippen molar-refractivity contribution in [3.8, 4) is 0 Å². The summed E-state index contributed by atoms with van der Waals surface area (Å²) < 4.78 is 0. The summed E-state index contributed by atoms with van der Waals surface area (Å²) in [5.41, 5.74) is 0. The molecule has 0 saturated carbocycles.